The molecule has 0 radical (unpaired) electrons. The molecular weight excluding hydrogens is 318 g/mol. The van der Waals surface area contributed by atoms with Crippen LogP contribution in [0.3, 0.4) is 0 Å². The minimum absolute atomic E-state index is 0.198. The Labute approximate surface area is 118 Å². The van der Waals surface area contributed by atoms with Crippen molar-refractivity contribution in [2.75, 3.05) is 0 Å². The number of hydrogen-bond acceptors (Lipinski definition) is 2. The smallest absolute Gasteiger partial charge is 0.254 e. The number of amides is 1. The lowest BCUT2D eigenvalue weighted by Gasteiger charge is -2.05. The number of carbonyl (C=O) groups excluding carboxylic acids is 1. The van der Waals surface area contributed by atoms with Gasteiger partial charge in [-0.25, -0.2) is 4.98 Å². The van der Waals surface area contributed by atoms with Gasteiger partial charge in [-0.1, -0.05) is 11.6 Å². The molecule has 4 nitrogen and oxygen atoms in total. The maximum atomic E-state index is 11.9. The summed E-state index contributed by atoms with van der Waals surface area (Å²) in [5, 5.41) is 3.00. The highest BCUT2D eigenvalue weighted by molar-refractivity contribution is 9.10. The molecule has 6 heteroatoms. The highest BCUT2D eigenvalue weighted by Crippen LogP contribution is 2.17. The van der Waals surface area contributed by atoms with E-state index < -0.39 is 0 Å². The van der Waals surface area contributed by atoms with Gasteiger partial charge in [-0.05, 0) is 33.6 Å². The van der Waals surface area contributed by atoms with Crippen molar-refractivity contribution in [1.82, 2.24) is 14.9 Å². The van der Waals surface area contributed by atoms with Crippen LogP contribution < -0.4 is 5.32 Å². The number of nitrogens with zero attached hydrogens (tertiary/aromatic N) is 2. The number of hydrogen-bond donors (Lipinski definition) is 1. The molecule has 2 rings (SSSR count). The predicted octanol–water partition coefficient (Wildman–Crippen LogP) is 2.77. The molecule has 0 atom stereocenters. The van der Waals surface area contributed by atoms with Gasteiger partial charge in [-0.15, -0.1) is 0 Å². The summed E-state index contributed by atoms with van der Waals surface area (Å²) in [7, 11) is 1.93. The highest BCUT2D eigenvalue weighted by atomic mass is 79.9. The first-order chi connectivity index (χ1) is 8.56. The Hall–Kier alpha value is -1.33. The van der Waals surface area contributed by atoms with Crippen LogP contribution in [-0.2, 0) is 13.6 Å². The molecule has 0 aliphatic rings. The molecule has 0 fully saturated rings. The van der Waals surface area contributed by atoms with Crippen molar-refractivity contribution in [2.24, 2.45) is 7.05 Å². The van der Waals surface area contributed by atoms with Gasteiger partial charge >= 0.3 is 0 Å². The Kier molecular flexibility index (Phi) is 4.04. The largest absolute Gasteiger partial charge is 0.357 e. The van der Waals surface area contributed by atoms with E-state index in [9.17, 15) is 4.79 Å². The van der Waals surface area contributed by atoms with Crippen LogP contribution in [-0.4, -0.2) is 15.5 Å². The lowest BCUT2D eigenvalue weighted by molar-refractivity contribution is 0.0950. The quantitative estimate of drug-likeness (QED) is 0.881. The van der Waals surface area contributed by atoms with E-state index in [1.54, 1.807) is 12.3 Å². The SMILES string of the molecule is Cn1ccc(CNC(=O)c2cc(Br)cnc2Cl)c1. The second-order valence-electron chi connectivity index (χ2n) is 3.86. The molecular formula is C12H11BrClN3O. The predicted molar refractivity (Wildman–Crippen MR) is 73.5 cm³/mol. The molecule has 0 aromatic carbocycles. The molecule has 0 unspecified atom stereocenters. The number of nitrogens with one attached hydrogen (secondary N) is 1. The third kappa shape index (κ3) is 3.11. The normalized spacial score (nSPS) is 10.4. The molecule has 2 aromatic rings. The molecule has 94 valence electrons. The van der Waals surface area contributed by atoms with Crippen LogP contribution in [0.15, 0.2) is 35.2 Å². The van der Waals surface area contributed by atoms with Crippen LogP contribution in [0.1, 0.15) is 15.9 Å². The minimum atomic E-state index is -0.238. The Morgan fingerprint density at radius 3 is 3.06 bits per heavy atom. The van der Waals surface area contributed by atoms with Crippen LogP contribution in [0.4, 0.5) is 0 Å². The molecule has 1 amide bonds. The Morgan fingerprint density at radius 1 is 1.61 bits per heavy atom. The Balaban J connectivity index is 2.05. The van der Waals surface area contributed by atoms with Gasteiger partial charge in [0.1, 0.15) is 5.15 Å². The van der Waals surface area contributed by atoms with Crippen molar-refractivity contribution in [1.29, 1.82) is 0 Å². The summed E-state index contributed by atoms with van der Waals surface area (Å²) < 4.78 is 2.64. The summed E-state index contributed by atoms with van der Waals surface area (Å²) in [5.41, 5.74) is 1.40. The molecule has 0 bridgehead atoms. The maximum Gasteiger partial charge on any atom is 0.254 e. The Bertz CT molecular complexity index is 582. The van der Waals surface area contributed by atoms with Crippen LogP contribution in [0, 0.1) is 0 Å². The molecule has 0 aliphatic heterocycles. The molecule has 0 saturated heterocycles. The zero-order valence-electron chi connectivity index (χ0n) is 9.65. The van der Waals surface area contributed by atoms with Gasteiger partial charge in [-0.3, -0.25) is 4.79 Å². The third-order valence-corrected chi connectivity index (χ3v) is 3.13. The second kappa shape index (κ2) is 5.54. The van der Waals surface area contributed by atoms with Gasteiger partial charge in [0.25, 0.3) is 5.91 Å². The number of aryl methyl sites for hydroxylation is 1. The maximum absolute atomic E-state index is 11.9. The fraction of sp³-hybridized carbons (Fsp3) is 0.167. The fourth-order valence-corrected chi connectivity index (χ4v) is 2.05. The van der Waals surface area contributed by atoms with Gasteiger partial charge in [0, 0.05) is 36.7 Å². The molecule has 2 heterocycles. The van der Waals surface area contributed by atoms with Crippen LogP contribution >= 0.6 is 27.5 Å². The van der Waals surface area contributed by atoms with Gasteiger partial charge in [0.2, 0.25) is 0 Å². The van der Waals surface area contributed by atoms with E-state index in [0.717, 1.165) is 10.0 Å². The van der Waals surface area contributed by atoms with Crippen molar-refractivity contribution >= 4 is 33.4 Å². The zero-order valence-corrected chi connectivity index (χ0v) is 12.0. The summed E-state index contributed by atoms with van der Waals surface area (Å²) in [6.45, 7) is 0.461. The number of carbonyl (C=O) groups is 1. The van der Waals surface area contributed by atoms with Gasteiger partial charge < -0.3 is 9.88 Å². The van der Waals surface area contributed by atoms with Crippen molar-refractivity contribution < 1.29 is 4.79 Å². The lowest BCUT2D eigenvalue weighted by Crippen LogP contribution is -2.23. The van der Waals surface area contributed by atoms with Gasteiger partial charge in [-0.2, -0.15) is 0 Å². The molecule has 2 aromatic heterocycles. The van der Waals surface area contributed by atoms with E-state index >= 15 is 0 Å². The van der Waals surface area contributed by atoms with Gasteiger partial charge in [0.15, 0.2) is 0 Å². The van der Waals surface area contributed by atoms with Crippen molar-refractivity contribution in [2.45, 2.75) is 6.54 Å². The number of aromatic nitrogens is 2. The fourth-order valence-electron chi connectivity index (χ4n) is 1.52. The van der Waals surface area contributed by atoms with Crippen molar-refractivity contribution in [3.05, 3.63) is 51.5 Å². The summed E-state index contributed by atoms with van der Waals surface area (Å²) in [6.07, 6.45) is 5.42. The molecule has 1 N–H and O–H groups in total. The monoisotopic (exact) mass is 327 g/mol. The molecule has 0 aliphatic carbocycles. The summed E-state index contributed by atoms with van der Waals surface area (Å²) in [6, 6.07) is 3.59. The van der Waals surface area contributed by atoms with Crippen molar-refractivity contribution in [3.63, 3.8) is 0 Å². The summed E-state index contributed by atoms with van der Waals surface area (Å²) >= 11 is 9.14. The van der Waals surface area contributed by atoms with Crippen LogP contribution in [0.5, 0.6) is 0 Å². The van der Waals surface area contributed by atoms with Crippen LogP contribution in [0.25, 0.3) is 0 Å². The first-order valence-electron chi connectivity index (χ1n) is 5.26. The second-order valence-corrected chi connectivity index (χ2v) is 5.13. The minimum Gasteiger partial charge on any atom is -0.357 e. The highest BCUT2D eigenvalue weighted by Gasteiger charge is 2.11. The van der Waals surface area contributed by atoms with E-state index in [-0.39, 0.29) is 11.1 Å². The zero-order chi connectivity index (χ0) is 13.1. The summed E-state index contributed by atoms with van der Waals surface area (Å²) in [5.74, 6) is -0.238. The first kappa shape index (κ1) is 13.1. The number of halogens is 2. The van der Waals surface area contributed by atoms with E-state index in [1.165, 1.54) is 0 Å². The van der Waals surface area contributed by atoms with Crippen LogP contribution in [0.2, 0.25) is 5.15 Å². The van der Waals surface area contributed by atoms with E-state index in [4.69, 9.17) is 11.6 Å². The van der Waals surface area contributed by atoms with E-state index in [1.807, 2.05) is 30.1 Å². The first-order valence-corrected chi connectivity index (χ1v) is 6.43. The molecule has 0 spiro atoms. The number of pyridine rings is 1. The number of rotatable bonds is 3. The standard InChI is InChI=1S/C12H11BrClN3O/c1-17-3-2-8(7-17)5-16-12(18)10-4-9(13)6-15-11(10)14/h2-4,6-7H,5H2,1H3,(H,16,18). The topological polar surface area (TPSA) is 46.9 Å². The third-order valence-electron chi connectivity index (χ3n) is 2.40. The average Bonchev–Trinajstić information content (AvgIpc) is 2.75. The van der Waals surface area contributed by atoms with Crippen molar-refractivity contribution in [3.8, 4) is 0 Å². The lowest BCUT2D eigenvalue weighted by atomic mass is 10.2. The molecule has 0 saturated carbocycles. The summed E-state index contributed by atoms with van der Waals surface area (Å²) in [4.78, 5) is 15.8. The van der Waals surface area contributed by atoms with E-state index in [2.05, 4.69) is 26.2 Å². The molecule has 18 heavy (non-hydrogen) atoms. The average molecular weight is 329 g/mol. The van der Waals surface area contributed by atoms with Gasteiger partial charge in [0.05, 0.1) is 5.56 Å². The Morgan fingerprint density at radius 2 is 2.39 bits per heavy atom. The van der Waals surface area contributed by atoms with E-state index in [0.29, 0.717) is 12.1 Å².